The molecule has 0 aliphatic heterocycles. The quantitative estimate of drug-likeness (QED) is 0.180. The Morgan fingerprint density at radius 2 is 1.78 bits per heavy atom. The number of hydrogen-bond donors (Lipinski definition) is 3. The minimum Gasteiger partial charge on any atom is -0.454 e. The number of hydrogen-bond acceptors (Lipinski definition) is 6. The van der Waals surface area contributed by atoms with E-state index in [2.05, 4.69) is 15.6 Å². The molecule has 37 heavy (non-hydrogen) atoms. The molecule has 1 heterocycles. The van der Waals surface area contributed by atoms with Crippen molar-refractivity contribution in [2.24, 2.45) is 0 Å². The first kappa shape index (κ1) is 25.0. The van der Waals surface area contributed by atoms with E-state index in [1.165, 1.54) is 36.4 Å². The van der Waals surface area contributed by atoms with Crippen LogP contribution in [0.1, 0.15) is 15.9 Å². The van der Waals surface area contributed by atoms with Crippen molar-refractivity contribution in [3.63, 3.8) is 0 Å². The second kappa shape index (κ2) is 11.1. The van der Waals surface area contributed by atoms with Crippen LogP contribution in [0, 0.1) is 15.9 Å². The van der Waals surface area contributed by atoms with Gasteiger partial charge in [-0.25, -0.2) is 9.18 Å². The lowest BCUT2D eigenvalue weighted by Gasteiger charge is -2.18. The Morgan fingerprint density at radius 1 is 1.03 bits per heavy atom. The van der Waals surface area contributed by atoms with Crippen LogP contribution in [0.5, 0.6) is 0 Å². The number of aromatic amines is 1. The van der Waals surface area contributed by atoms with Crippen molar-refractivity contribution in [3.8, 4) is 0 Å². The third-order valence-electron chi connectivity index (χ3n) is 5.48. The molecule has 0 radical (unpaired) electrons. The first-order chi connectivity index (χ1) is 17.8. The van der Waals surface area contributed by atoms with Gasteiger partial charge in [0, 0.05) is 46.9 Å². The number of aromatic nitrogens is 1. The maximum Gasteiger partial charge on any atom is 0.329 e. The van der Waals surface area contributed by atoms with Crippen molar-refractivity contribution in [1.29, 1.82) is 0 Å². The Labute approximate surface area is 209 Å². The van der Waals surface area contributed by atoms with Crippen LogP contribution >= 0.6 is 0 Å². The van der Waals surface area contributed by atoms with Gasteiger partial charge in [0.15, 0.2) is 6.61 Å². The average molecular weight is 504 g/mol. The second-order valence-electron chi connectivity index (χ2n) is 8.06. The number of halogens is 1. The predicted octanol–water partition coefficient (Wildman–Crippen LogP) is 3.74. The summed E-state index contributed by atoms with van der Waals surface area (Å²) in [5.74, 6) is -2.72. The molecule has 0 aliphatic rings. The van der Waals surface area contributed by atoms with Crippen LogP contribution in [0.4, 0.5) is 15.8 Å². The van der Waals surface area contributed by atoms with E-state index in [9.17, 15) is 28.9 Å². The average Bonchev–Trinajstić information content (AvgIpc) is 3.30. The Bertz CT molecular complexity index is 1470. The molecule has 3 N–H and O–H groups in total. The van der Waals surface area contributed by atoms with E-state index < -0.39 is 41.2 Å². The molecule has 2 amide bonds. The van der Waals surface area contributed by atoms with Crippen LogP contribution in [0.25, 0.3) is 10.9 Å². The van der Waals surface area contributed by atoms with Crippen molar-refractivity contribution < 1.29 is 28.4 Å². The molecule has 0 unspecified atom stereocenters. The molecular formula is C26H21FN4O6. The summed E-state index contributed by atoms with van der Waals surface area (Å²) < 4.78 is 18.4. The van der Waals surface area contributed by atoms with E-state index in [1.54, 1.807) is 6.20 Å². The van der Waals surface area contributed by atoms with Crippen LogP contribution in [-0.4, -0.2) is 40.3 Å². The van der Waals surface area contributed by atoms with Gasteiger partial charge in [-0.3, -0.25) is 19.7 Å². The number of carbonyl (C=O) groups is 3. The minimum absolute atomic E-state index is 0.0578. The molecule has 0 fully saturated rings. The number of benzene rings is 3. The topological polar surface area (TPSA) is 143 Å². The highest BCUT2D eigenvalue weighted by Crippen LogP contribution is 2.20. The highest BCUT2D eigenvalue weighted by atomic mass is 19.1. The van der Waals surface area contributed by atoms with E-state index in [0.717, 1.165) is 28.6 Å². The molecule has 4 aromatic rings. The van der Waals surface area contributed by atoms with Gasteiger partial charge in [-0.05, 0) is 42.0 Å². The van der Waals surface area contributed by atoms with Crippen molar-refractivity contribution in [3.05, 3.63) is 106 Å². The number of fused-ring (bicyclic) bond motifs is 1. The third kappa shape index (κ3) is 6.34. The van der Waals surface area contributed by atoms with Crippen molar-refractivity contribution >= 4 is 40.1 Å². The monoisotopic (exact) mass is 504 g/mol. The van der Waals surface area contributed by atoms with Crippen LogP contribution in [0.3, 0.4) is 0 Å². The first-order valence-electron chi connectivity index (χ1n) is 11.1. The smallest absolute Gasteiger partial charge is 0.329 e. The maximum atomic E-state index is 13.3. The van der Waals surface area contributed by atoms with Gasteiger partial charge in [-0.15, -0.1) is 0 Å². The van der Waals surface area contributed by atoms with Gasteiger partial charge in [0.05, 0.1) is 4.92 Å². The van der Waals surface area contributed by atoms with E-state index in [-0.39, 0.29) is 23.4 Å². The number of rotatable bonds is 9. The number of amides is 2. The lowest BCUT2D eigenvalue weighted by molar-refractivity contribution is -0.384. The number of para-hydroxylation sites is 1. The Kier molecular flexibility index (Phi) is 7.53. The fraction of sp³-hybridized carbons (Fsp3) is 0.115. The largest absolute Gasteiger partial charge is 0.454 e. The van der Waals surface area contributed by atoms with Crippen LogP contribution < -0.4 is 10.6 Å². The highest BCUT2D eigenvalue weighted by Gasteiger charge is 2.25. The molecule has 1 aromatic heterocycles. The standard InChI is InChI=1S/C26H21FN4O6/c27-18-10-8-16(9-11-18)25(33)30-23(12-17-14-28-22-7-2-1-6-21(17)22)26(34)37-15-24(32)29-19-4-3-5-20(13-19)31(35)36/h1-11,13-14,23,28H,12,15H2,(H,29,32)(H,30,33)/t23-/m1/s1. The SMILES string of the molecule is O=C(COC(=O)[C@@H](Cc1c[nH]c2ccccc12)NC(=O)c1ccc(F)cc1)Nc1cccc([N+](=O)[O-])c1. The van der Waals surface area contributed by atoms with Gasteiger partial charge >= 0.3 is 5.97 Å². The summed E-state index contributed by atoms with van der Waals surface area (Å²) in [6, 6.07) is 16.4. The summed E-state index contributed by atoms with van der Waals surface area (Å²) >= 11 is 0. The zero-order valence-electron chi connectivity index (χ0n) is 19.3. The molecule has 0 aliphatic carbocycles. The van der Waals surface area contributed by atoms with Gasteiger partial charge in [0.2, 0.25) is 0 Å². The summed E-state index contributed by atoms with van der Waals surface area (Å²) in [4.78, 5) is 51.4. The molecule has 4 rings (SSSR count). The van der Waals surface area contributed by atoms with Crippen LogP contribution in [0.15, 0.2) is 79.0 Å². The number of nitrogens with one attached hydrogen (secondary N) is 3. The number of esters is 1. The summed E-state index contributed by atoms with van der Waals surface area (Å²) in [6.07, 6.45) is 1.77. The van der Waals surface area contributed by atoms with Gasteiger partial charge in [-0.2, -0.15) is 0 Å². The molecule has 3 aromatic carbocycles. The molecule has 0 spiro atoms. The van der Waals surface area contributed by atoms with Gasteiger partial charge in [0.1, 0.15) is 11.9 Å². The van der Waals surface area contributed by atoms with Gasteiger partial charge < -0.3 is 20.4 Å². The highest BCUT2D eigenvalue weighted by molar-refractivity contribution is 5.98. The van der Waals surface area contributed by atoms with Crippen LogP contribution in [-0.2, 0) is 20.7 Å². The van der Waals surface area contributed by atoms with Crippen molar-refractivity contribution in [2.45, 2.75) is 12.5 Å². The number of non-ortho nitro benzene ring substituents is 1. The van der Waals surface area contributed by atoms with E-state index in [0.29, 0.717) is 0 Å². The number of ether oxygens (including phenoxy) is 1. The number of nitro groups is 1. The number of carbonyl (C=O) groups excluding carboxylic acids is 3. The number of H-pyrrole nitrogens is 1. The van der Waals surface area contributed by atoms with Crippen molar-refractivity contribution in [1.82, 2.24) is 10.3 Å². The summed E-state index contributed by atoms with van der Waals surface area (Å²) in [7, 11) is 0. The number of nitrogens with zero attached hydrogens (tertiary/aromatic N) is 1. The van der Waals surface area contributed by atoms with Crippen molar-refractivity contribution in [2.75, 3.05) is 11.9 Å². The first-order valence-corrected chi connectivity index (χ1v) is 11.1. The number of anilines is 1. The Balaban J connectivity index is 1.46. The molecule has 0 saturated heterocycles. The molecule has 0 bridgehead atoms. The molecule has 1 atom stereocenters. The summed E-state index contributed by atoms with van der Waals surface area (Å²) in [5, 5.41) is 16.8. The second-order valence-corrected chi connectivity index (χ2v) is 8.06. The molecule has 0 saturated carbocycles. The lowest BCUT2D eigenvalue weighted by Crippen LogP contribution is -2.44. The van der Waals surface area contributed by atoms with E-state index in [4.69, 9.17) is 4.74 Å². The zero-order chi connectivity index (χ0) is 26.4. The van der Waals surface area contributed by atoms with Gasteiger partial charge in [0.25, 0.3) is 17.5 Å². The fourth-order valence-corrected chi connectivity index (χ4v) is 3.69. The molecule has 188 valence electrons. The Hall–Kier alpha value is -5.06. The van der Waals surface area contributed by atoms with Crippen LogP contribution in [0.2, 0.25) is 0 Å². The molecule has 10 nitrogen and oxygen atoms in total. The molecule has 11 heteroatoms. The van der Waals surface area contributed by atoms with Gasteiger partial charge in [-0.1, -0.05) is 24.3 Å². The third-order valence-corrected chi connectivity index (χ3v) is 5.48. The minimum atomic E-state index is -1.16. The normalized spacial score (nSPS) is 11.5. The fourth-order valence-electron chi connectivity index (χ4n) is 3.69. The maximum absolute atomic E-state index is 13.3. The zero-order valence-corrected chi connectivity index (χ0v) is 19.3. The summed E-state index contributed by atoms with van der Waals surface area (Å²) in [6.45, 7) is -0.682. The molecular weight excluding hydrogens is 483 g/mol. The predicted molar refractivity (Wildman–Crippen MR) is 132 cm³/mol. The summed E-state index contributed by atoms with van der Waals surface area (Å²) in [5.41, 5.74) is 1.66. The van der Waals surface area contributed by atoms with E-state index >= 15 is 0 Å². The lowest BCUT2D eigenvalue weighted by atomic mass is 10.0. The van der Waals surface area contributed by atoms with E-state index in [1.807, 2.05) is 24.3 Å². The Morgan fingerprint density at radius 3 is 2.54 bits per heavy atom. The number of nitro benzene ring substituents is 1.